The van der Waals surface area contributed by atoms with Crippen LogP contribution in [-0.4, -0.2) is 9.97 Å². The largest absolute Gasteiger partial charge is 0.245 e. The minimum Gasteiger partial charge on any atom is -0.245 e. The molecule has 0 aliphatic rings. The SMILES string of the molecule is c1nc2ccc(/N=N/c3ccc4ncsc4c3)cc2s1. The van der Waals surface area contributed by atoms with Crippen molar-refractivity contribution in [1.29, 1.82) is 0 Å². The topological polar surface area (TPSA) is 50.5 Å². The Morgan fingerprint density at radius 3 is 1.70 bits per heavy atom. The van der Waals surface area contributed by atoms with Gasteiger partial charge < -0.3 is 0 Å². The highest BCUT2D eigenvalue weighted by Crippen LogP contribution is 2.27. The van der Waals surface area contributed by atoms with Gasteiger partial charge in [-0.3, -0.25) is 0 Å². The molecule has 0 unspecified atom stereocenters. The van der Waals surface area contributed by atoms with E-state index >= 15 is 0 Å². The summed E-state index contributed by atoms with van der Waals surface area (Å²) in [6, 6.07) is 11.8. The zero-order valence-corrected chi connectivity index (χ0v) is 11.9. The van der Waals surface area contributed by atoms with Crippen LogP contribution in [0.3, 0.4) is 0 Å². The van der Waals surface area contributed by atoms with Crippen LogP contribution in [0.5, 0.6) is 0 Å². The molecule has 0 saturated carbocycles. The van der Waals surface area contributed by atoms with Gasteiger partial charge in [0.1, 0.15) is 0 Å². The quantitative estimate of drug-likeness (QED) is 0.470. The smallest absolute Gasteiger partial charge is 0.0872 e. The molecular formula is C14H8N4S2. The first-order valence-electron chi connectivity index (χ1n) is 5.97. The molecule has 0 atom stereocenters. The number of aromatic nitrogens is 2. The van der Waals surface area contributed by atoms with E-state index in [0.29, 0.717) is 0 Å². The van der Waals surface area contributed by atoms with Gasteiger partial charge in [-0.25, -0.2) is 9.97 Å². The molecule has 2 aromatic heterocycles. The average Bonchev–Trinajstić information content (AvgIpc) is 3.12. The van der Waals surface area contributed by atoms with E-state index in [1.54, 1.807) is 22.7 Å². The molecule has 2 heterocycles. The average molecular weight is 296 g/mol. The molecule has 4 aromatic rings. The highest BCUT2D eigenvalue weighted by molar-refractivity contribution is 7.17. The summed E-state index contributed by atoms with van der Waals surface area (Å²) in [5.41, 5.74) is 7.35. The lowest BCUT2D eigenvalue weighted by molar-refractivity contribution is 1.24. The minimum atomic E-state index is 0.839. The molecule has 0 radical (unpaired) electrons. The van der Waals surface area contributed by atoms with Crippen molar-refractivity contribution in [3.8, 4) is 0 Å². The van der Waals surface area contributed by atoms with Gasteiger partial charge in [-0.15, -0.1) is 22.7 Å². The molecule has 20 heavy (non-hydrogen) atoms. The maximum absolute atomic E-state index is 4.29. The Labute approximate surface area is 122 Å². The van der Waals surface area contributed by atoms with Crippen molar-refractivity contribution in [2.24, 2.45) is 10.2 Å². The number of fused-ring (bicyclic) bond motifs is 2. The number of hydrogen-bond donors (Lipinski definition) is 0. The summed E-state index contributed by atoms with van der Waals surface area (Å²) in [5.74, 6) is 0. The van der Waals surface area contributed by atoms with Gasteiger partial charge >= 0.3 is 0 Å². The fourth-order valence-corrected chi connectivity index (χ4v) is 3.35. The van der Waals surface area contributed by atoms with Gasteiger partial charge in [-0.05, 0) is 36.4 Å². The highest BCUT2D eigenvalue weighted by Gasteiger charge is 1.99. The Morgan fingerprint density at radius 1 is 0.700 bits per heavy atom. The second-order valence-corrected chi connectivity index (χ2v) is 5.98. The van der Waals surface area contributed by atoms with E-state index in [9.17, 15) is 0 Å². The number of hydrogen-bond acceptors (Lipinski definition) is 6. The first-order chi connectivity index (χ1) is 9.88. The number of benzene rings is 2. The van der Waals surface area contributed by atoms with E-state index in [-0.39, 0.29) is 0 Å². The zero-order chi connectivity index (χ0) is 13.4. The monoisotopic (exact) mass is 296 g/mol. The van der Waals surface area contributed by atoms with E-state index in [1.165, 1.54) is 0 Å². The summed E-state index contributed by atoms with van der Waals surface area (Å²) < 4.78 is 2.25. The number of thiazole rings is 2. The van der Waals surface area contributed by atoms with Crippen molar-refractivity contribution < 1.29 is 0 Å². The standard InChI is InChI=1S/C14H8N4S2/c1-3-11-13(19-7-15-11)5-9(1)17-18-10-2-4-12-14(6-10)20-8-16-12/h1-8H/b18-17+. The van der Waals surface area contributed by atoms with Crippen LogP contribution in [-0.2, 0) is 0 Å². The fourth-order valence-electron chi connectivity index (χ4n) is 1.93. The Kier molecular flexibility index (Phi) is 2.75. The molecule has 0 N–H and O–H groups in total. The Bertz CT molecular complexity index is 847. The van der Waals surface area contributed by atoms with Crippen molar-refractivity contribution in [3.63, 3.8) is 0 Å². The lowest BCUT2D eigenvalue weighted by atomic mass is 10.3. The van der Waals surface area contributed by atoms with Crippen LogP contribution in [0.25, 0.3) is 20.4 Å². The maximum Gasteiger partial charge on any atom is 0.0872 e. The van der Waals surface area contributed by atoms with Crippen LogP contribution in [0.1, 0.15) is 0 Å². The number of azo groups is 1. The summed E-state index contributed by atoms with van der Waals surface area (Å²) in [5, 5.41) is 8.57. The normalized spacial score (nSPS) is 11.8. The summed E-state index contributed by atoms with van der Waals surface area (Å²) >= 11 is 3.21. The van der Waals surface area contributed by atoms with Crippen molar-refractivity contribution in [1.82, 2.24) is 9.97 Å². The fraction of sp³-hybridized carbons (Fsp3) is 0. The van der Waals surface area contributed by atoms with Crippen LogP contribution >= 0.6 is 22.7 Å². The van der Waals surface area contributed by atoms with E-state index in [4.69, 9.17) is 0 Å². The van der Waals surface area contributed by atoms with Crippen LogP contribution in [0, 0.1) is 0 Å². The molecule has 0 aliphatic carbocycles. The van der Waals surface area contributed by atoms with Crippen molar-refractivity contribution in [2.75, 3.05) is 0 Å². The second-order valence-electron chi connectivity index (χ2n) is 4.21. The van der Waals surface area contributed by atoms with Gasteiger partial charge in [0.2, 0.25) is 0 Å². The molecule has 96 valence electrons. The summed E-state index contributed by atoms with van der Waals surface area (Å²) in [4.78, 5) is 8.49. The van der Waals surface area contributed by atoms with E-state index in [1.807, 2.05) is 47.4 Å². The molecule has 6 heteroatoms. The lowest BCUT2D eigenvalue weighted by Gasteiger charge is -1.94. The minimum absolute atomic E-state index is 0.839. The third-order valence-corrected chi connectivity index (χ3v) is 4.49. The third kappa shape index (κ3) is 2.09. The Balaban J connectivity index is 1.69. The van der Waals surface area contributed by atoms with Crippen LogP contribution in [0.2, 0.25) is 0 Å². The highest BCUT2D eigenvalue weighted by atomic mass is 32.1. The van der Waals surface area contributed by atoms with Gasteiger partial charge in [0.05, 0.1) is 42.8 Å². The molecule has 0 fully saturated rings. The first kappa shape index (κ1) is 11.6. The molecule has 2 aromatic carbocycles. The summed E-state index contributed by atoms with van der Waals surface area (Å²) in [6.07, 6.45) is 0. The van der Waals surface area contributed by atoms with Crippen molar-refractivity contribution >= 4 is 54.5 Å². The molecule has 4 nitrogen and oxygen atoms in total. The van der Waals surface area contributed by atoms with E-state index < -0.39 is 0 Å². The first-order valence-corrected chi connectivity index (χ1v) is 7.73. The molecule has 0 bridgehead atoms. The summed E-state index contributed by atoms with van der Waals surface area (Å²) in [7, 11) is 0. The Hall–Kier alpha value is -2.18. The van der Waals surface area contributed by atoms with E-state index in [0.717, 1.165) is 31.8 Å². The summed E-state index contributed by atoms with van der Waals surface area (Å²) in [6.45, 7) is 0. The van der Waals surface area contributed by atoms with Crippen LogP contribution in [0.4, 0.5) is 11.4 Å². The molecular weight excluding hydrogens is 288 g/mol. The van der Waals surface area contributed by atoms with Crippen LogP contribution in [0.15, 0.2) is 57.6 Å². The van der Waals surface area contributed by atoms with Gasteiger partial charge in [0.25, 0.3) is 0 Å². The lowest BCUT2D eigenvalue weighted by Crippen LogP contribution is -1.68. The molecule has 4 rings (SSSR count). The maximum atomic E-state index is 4.29. The molecule has 0 amide bonds. The Morgan fingerprint density at radius 2 is 1.20 bits per heavy atom. The van der Waals surface area contributed by atoms with Gasteiger partial charge in [-0.1, -0.05) is 0 Å². The van der Waals surface area contributed by atoms with Crippen LogP contribution < -0.4 is 0 Å². The molecule has 0 aliphatic heterocycles. The van der Waals surface area contributed by atoms with Crippen molar-refractivity contribution in [3.05, 3.63) is 47.4 Å². The predicted molar refractivity (Wildman–Crippen MR) is 83.4 cm³/mol. The second kappa shape index (κ2) is 4.73. The predicted octanol–water partition coefficient (Wildman–Crippen LogP) is 5.32. The number of rotatable bonds is 2. The van der Waals surface area contributed by atoms with Gasteiger partial charge in [0, 0.05) is 0 Å². The van der Waals surface area contributed by atoms with Gasteiger partial charge in [0.15, 0.2) is 0 Å². The molecule has 0 saturated heterocycles. The van der Waals surface area contributed by atoms with Gasteiger partial charge in [-0.2, -0.15) is 10.2 Å². The third-order valence-electron chi connectivity index (χ3n) is 2.91. The number of nitrogens with zero attached hydrogens (tertiary/aromatic N) is 4. The van der Waals surface area contributed by atoms with Crippen molar-refractivity contribution in [2.45, 2.75) is 0 Å². The molecule has 0 spiro atoms. The van der Waals surface area contributed by atoms with E-state index in [2.05, 4.69) is 20.2 Å². The zero-order valence-electron chi connectivity index (χ0n) is 10.2.